The van der Waals surface area contributed by atoms with Crippen LogP contribution in [0.2, 0.25) is 0 Å². The lowest BCUT2D eigenvalue weighted by Crippen LogP contribution is -2.58. The summed E-state index contributed by atoms with van der Waals surface area (Å²) in [7, 11) is 0. The minimum Gasteiger partial charge on any atom is -0.328 e. The molecule has 116 valence electrons. The van der Waals surface area contributed by atoms with E-state index in [2.05, 4.69) is 15.6 Å². The second kappa shape index (κ2) is 7.06. The van der Waals surface area contributed by atoms with Crippen LogP contribution in [0.1, 0.15) is 0 Å². The molecule has 0 radical (unpaired) electrons. The van der Waals surface area contributed by atoms with Gasteiger partial charge in [0.15, 0.2) is 14.8 Å². The lowest BCUT2D eigenvalue weighted by atomic mass is 10.4. The molecule has 17 heteroatoms. The van der Waals surface area contributed by atoms with Crippen LogP contribution in [0.5, 0.6) is 0 Å². The predicted molar refractivity (Wildman–Crippen MR) is 56.7 cm³/mol. The van der Waals surface area contributed by atoms with Crippen molar-refractivity contribution in [3.63, 3.8) is 0 Å². The number of nitrogens with zero attached hydrogens (tertiary/aromatic N) is 7. The fourth-order valence-electron chi connectivity index (χ4n) is 0.873. The highest BCUT2D eigenvalue weighted by atomic mass is 16.9. The first kappa shape index (κ1) is 17.3. The minimum absolute atomic E-state index is 0.922. The van der Waals surface area contributed by atoms with Gasteiger partial charge in [0.2, 0.25) is 0 Å². The molecule has 0 bridgehead atoms. The number of rotatable bonds is 6. The monoisotopic (exact) mass is 310 g/mol. The normalized spacial score (nSPS) is 9.90. The molecule has 0 aliphatic carbocycles. The second-order valence-corrected chi connectivity index (χ2v) is 2.99. The molecule has 0 saturated carbocycles. The zero-order valence-electron chi connectivity index (χ0n) is 9.71. The molecule has 1 aromatic heterocycles. The molecule has 1 rings (SSSR count). The van der Waals surface area contributed by atoms with Crippen molar-refractivity contribution < 1.29 is 25.1 Å². The Labute approximate surface area is 112 Å². The molecule has 0 spiro atoms. The molecule has 1 heterocycles. The quantitative estimate of drug-likeness (QED) is 0.328. The van der Waals surface area contributed by atoms with E-state index in [1.165, 1.54) is 0 Å². The first-order chi connectivity index (χ1) is 9.64. The van der Waals surface area contributed by atoms with Gasteiger partial charge < -0.3 is 10.6 Å². The Morgan fingerprint density at radius 2 is 1.33 bits per heavy atom. The van der Waals surface area contributed by atoms with Crippen molar-refractivity contribution in [2.45, 2.75) is 5.79 Å². The summed E-state index contributed by atoms with van der Waals surface area (Å²) in [5.74, 6) is -3.55. The zero-order chi connectivity index (χ0) is 16.6. The van der Waals surface area contributed by atoms with Gasteiger partial charge in [-0.05, 0) is 0 Å². The Balaban J connectivity index is 0.000000885. The fourth-order valence-corrected chi connectivity index (χ4v) is 0.873. The molecule has 0 aliphatic heterocycles. The van der Waals surface area contributed by atoms with E-state index in [1.807, 2.05) is 0 Å². The largest absolute Gasteiger partial charge is 0.718 e. The molecular weight excluding hydrogens is 304 g/mol. The lowest BCUT2D eigenvalue weighted by Gasteiger charge is -2.10. The minimum atomic E-state index is -3.55. The maximum Gasteiger partial charge on any atom is 0.718 e. The molecule has 2 N–H and O–H groups in total. The van der Waals surface area contributed by atoms with Crippen LogP contribution < -0.4 is 5.43 Å². The van der Waals surface area contributed by atoms with Crippen LogP contribution in [0.3, 0.4) is 0 Å². The summed E-state index contributed by atoms with van der Waals surface area (Å²) in [6.45, 7) is -1.15. The van der Waals surface area contributed by atoms with Gasteiger partial charge in [0.25, 0.3) is 11.6 Å². The summed E-state index contributed by atoms with van der Waals surface area (Å²) in [6.07, 6.45) is 2.06. The SMILES string of the molecule is O=[N+]([O-])C(CNn1cnnc1)([N+](=O)[O-])[N+](=O)[O-].O=[N+]([O-])O. The summed E-state index contributed by atoms with van der Waals surface area (Å²) in [5.41, 5.74) is 2.08. The molecule has 0 atom stereocenters. The highest BCUT2D eigenvalue weighted by Crippen LogP contribution is 2.11. The lowest BCUT2D eigenvalue weighted by molar-refractivity contribution is -0.965. The van der Waals surface area contributed by atoms with Crippen molar-refractivity contribution in [2.75, 3.05) is 12.0 Å². The molecule has 17 nitrogen and oxygen atoms in total. The number of hydrogen-bond acceptors (Lipinski definition) is 11. The summed E-state index contributed by atoms with van der Waals surface area (Å²) in [5, 5.41) is 51.8. The average molecular weight is 310 g/mol. The van der Waals surface area contributed by atoms with Gasteiger partial charge in [0.1, 0.15) is 12.7 Å². The van der Waals surface area contributed by atoms with Crippen molar-refractivity contribution in [1.82, 2.24) is 14.9 Å². The fraction of sp³-hybridized carbons (Fsp3) is 0.500. The third kappa shape index (κ3) is 4.50. The van der Waals surface area contributed by atoms with Crippen LogP contribution in [0.4, 0.5) is 0 Å². The van der Waals surface area contributed by atoms with Crippen LogP contribution in [0.15, 0.2) is 12.7 Å². The van der Waals surface area contributed by atoms with Crippen LogP contribution in [-0.2, 0) is 0 Å². The van der Waals surface area contributed by atoms with E-state index in [0.29, 0.717) is 0 Å². The molecular formula is C4H6N8O9. The van der Waals surface area contributed by atoms with E-state index in [0.717, 1.165) is 17.3 Å². The average Bonchev–Trinajstić information content (AvgIpc) is 2.80. The number of aromatic nitrogens is 3. The number of nitro groups is 3. The molecule has 0 unspecified atom stereocenters. The third-order valence-corrected chi connectivity index (χ3v) is 1.79. The van der Waals surface area contributed by atoms with Gasteiger partial charge in [-0.3, -0.25) is 30.3 Å². The topological polar surface area (TPSA) is 236 Å². The van der Waals surface area contributed by atoms with Crippen molar-refractivity contribution >= 4 is 0 Å². The first-order valence-electron chi connectivity index (χ1n) is 4.49. The molecule has 0 aromatic carbocycles. The Morgan fingerprint density at radius 3 is 1.62 bits per heavy atom. The van der Waals surface area contributed by atoms with Gasteiger partial charge >= 0.3 is 5.79 Å². The first-order valence-corrected chi connectivity index (χ1v) is 4.49. The number of nitrogens with one attached hydrogen (secondary N) is 1. The molecule has 0 fully saturated rings. The van der Waals surface area contributed by atoms with Crippen LogP contribution in [-0.4, -0.2) is 52.3 Å². The van der Waals surface area contributed by atoms with Gasteiger partial charge in [0, 0.05) is 0 Å². The summed E-state index contributed by atoms with van der Waals surface area (Å²) >= 11 is 0. The zero-order valence-corrected chi connectivity index (χ0v) is 9.71. The molecule has 0 aliphatic rings. The Bertz CT molecular complexity index is 486. The van der Waals surface area contributed by atoms with Crippen molar-refractivity contribution in [1.29, 1.82) is 0 Å². The molecule has 21 heavy (non-hydrogen) atoms. The van der Waals surface area contributed by atoms with E-state index in [9.17, 15) is 30.3 Å². The Hall–Kier alpha value is -3.66. The van der Waals surface area contributed by atoms with E-state index in [-0.39, 0.29) is 0 Å². The number of hydrogen-bond donors (Lipinski definition) is 2. The maximum absolute atomic E-state index is 10.5. The molecule has 0 saturated heterocycles. The van der Waals surface area contributed by atoms with E-state index >= 15 is 0 Å². The second-order valence-electron chi connectivity index (χ2n) is 2.99. The van der Waals surface area contributed by atoms with Crippen molar-refractivity contribution in [3.05, 3.63) is 53.1 Å². The highest BCUT2D eigenvalue weighted by molar-refractivity contribution is 4.75. The van der Waals surface area contributed by atoms with Gasteiger partial charge in [-0.25, -0.2) is 4.68 Å². The Kier molecular flexibility index (Phi) is 5.83. The standard InChI is InChI=1S/C4H5N7O6.HNO3/c12-9(13)4(10(14)15,11(16)17)1-7-8-2-5-6-3-8;2-1(3)4/h2-3,7H,1H2;(H,2,3,4). The van der Waals surface area contributed by atoms with E-state index in [1.54, 1.807) is 0 Å². The van der Waals surface area contributed by atoms with Gasteiger partial charge in [-0.1, -0.05) is 0 Å². The smallest absolute Gasteiger partial charge is 0.328 e. The predicted octanol–water partition coefficient (Wildman–Crippen LogP) is -2.04. The van der Waals surface area contributed by atoms with Crippen LogP contribution in [0, 0.1) is 40.5 Å². The maximum atomic E-state index is 10.5. The van der Waals surface area contributed by atoms with Gasteiger partial charge in [-0.2, -0.15) is 0 Å². The molecule has 1 aromatic rings. The summed E-state index contributed by atoms with van der Waals surface area (Å²) in [6, 6.07) is 0. The van der Waals surface area contributed by atoms with Crippen LogP contribution in [0.25, 0.3) is 0 Å². The molecule has 0 amide bonds. The Morgan fingerprint density at radius 1 is 1.00 bits per heavy atom. The highest BCUT2D eigenvalue weighted by Gasteiger charge is 2.70. The summed E-state index contributed by atoms with van der Waals surface area (Å²) < 4.78 is 0.922. The summed E-state index contributed by atoms with van der Waals surface area (Å²) in [4.78, 5) is 35.1. The van der Waals surface area contributed by atoms with E-state index in [4.69, 9.17) is 15.3 Å². The van der Waals surface area contributed by atoms with Crippen molar-refractivity contribution in [2.24, 2.45) is 0 Å². The van der Waals surface area contributed by atoms with Gasteiger partial charge in [-0.15, -0.1) is 20.3 Å². The van der Waals surface area contributed by atoms with Crippen molar-refractivity contribution in [3.8, 4) is 0 Å². The third-order valence-electron chi connectivity index (χ3n) is 1.79. The van der Waals surface area contributed by atoms with E-state index < -0.39 is 32.2 Å². The van der Waals surface area contributed by atoms with Gasteiger partial charge in [0.05, 0.1) is 0 Å². The van der Waals surface area contributed by atoms with Crippen LogP contribution >= 0.6 is 0 Å².